The van der Waals surface area contributed by atoms with Gasteiger partial charge in [-0.25, -0.2) is 4.98 Å². The Balaban J connectivity index is 1.09. The molecule has 9 unspecified atom stereocenters. The maximum absolute atomic E-state index is 13.8. The summed E-state index contributed by atoms with van der Waals surface area (Å²) in [7, 11) is 1.97. The van der Waals surface area contributed by atoms with E-state index >= 15 is 0 Å². The Kier molecular flexibility index (Phi) is 10.4. The number of nitrogens with one attached hydrogen (secondary N) is 1. The predicted octanol–water partition coefficient (Wildman–Crippen LogP) is 4.90. The Morgan fingerprint density at radius 3 is 2.67 bits per heavy atom. The minimum Gasteiger partial charge on any atom is -0.481 e. The third kappa shape index (κ3) is 7.16. The van der Waals surface area contributed by atoms with Gasteiger partial charge < -0.3 is 20.1 Å². The van der Waals surface area contributed by atoms with E-state index in [9.17, 15) is 27.9 Å². The van der Waals surface area contributed by atoms with Crippen LogP contribution in [0, 0.1) is 36.5 Å². The fourth-order valence-corrected chi connectivity index (χ4v) is 11.2. The highest BCUT2D eigenvalue weighted by Gasteiger charge is 2.52. The summed E-state index contributed by atoms with van der Waals surface area (Å²) in [5.74, 6) is -0.424. The number of aliphatic carboxylic acids is 1. The summed E-state index contributed by atoms with van der Waals surface area (Å²) >= 11 is 8.49. The average molecular weight is 689 g/mol. The van der Waals surface area contributed by atoms with Crippen LogP contribution in [0.5, 0.6) is 0 Å². The highest BCUT2D eigenvalue weighted by atomic mass is 35.5. The van der Waals surface area contributed by atoms with E-state index < -0.39 is 18.1 Å². The van der Waals surface area contributed by atoms with Crippen molar-refractivity contribution in [2.24, 2.45) is 29.6 Å². The zero-order chi connectivity index (χ0) is 32.9. The number of fused-ring (bicyclic) bond motifs is 2. The van der Waals surface area contributed by atoms with Gasteiger partial charge in [0.25, 0.3) is 5.56 Å². The summed E-state index contributed by atoms with van der Waals surface area (Å²) in [5.41, 5.74) is 1.52. The number of ether oxygens (including phenoxy) is 1. The number of hydrogen-bond donors (Lipinski definition) is 2. The van der Waals surface area contributed by atoms with Crippen LogP contribution in [0.4, 0.5) is 13.2 Å². The molecule has 13 heteroatoms. The summed E-state index contributed by atoms with van der Waals surface area (Å²) in [6, 6.07) is 0.277. The molecule has 0 bridgehead atoms. The first-order valence-corrected chi connectivity index (χ1v) is 18.5. The topological polar surface area (TPSA) is 96.7 Å². The first-order chi connectivity index (χ1) is 21.8. The van der Waals surface area contributed by atoms with Crippen molar-refractivity contribution in [3.63, 3.8) is 0 Å². The van der Waals surface area contributed by atoms with Crippen molar-refractivity contribution in [3.05, 3.63) is 27.4 Å². The van der Waals surface area contributed by atoms with Gasteiger partial charge in [0, 0.05) is 46.6 Å². The maximum Gasteiger partial charge on any atom is 0.391 e. The van der Waals surface area contributed by atoms with Crippen LogP contribution in [0.1, 0.15) is 69.0 Å². The normalized spacial score (nSPS) is 37.9. The number of hydrogen-bond acceptors (Lipinski definition) is 7. The standard InChI is InChI=1S/C33H48ClF3N4O4S/c1-17-10-24(30-29(38-17)26(16-46-30)32(43)44)23-13-21(34)4-7-28(23)45-9-8-41-18(2)39-27-6-5-22(14-25(27)31(41)42)40(3)15-19-11-20(12-19)33(35,36)37/h17,19-24,26,28-30,38H,4-16H2,1-3H3,(H,43,44). The summed E-state index contributed by atoms with van der Waals surface area (Å²) in [5, 5.41) is 13.7. The number of thioether (sulfide) groups is 1. The molecular weight excluding hydrogens is 641 g/mol. The number of piperidine rings is 1. The molecule has 2 saturated carbocycles. The number of alkyl halides is 4. The molecule has 1 aromatic rings. The van der Waals surface area contributed by atoms with Crippen LogP contribution in [0.15, 0.2) is 4.79 Å². The van der Waals surface area contributed by atoms with Gasteiger partial charge in [-0.3, -0.25) is 14.2 Å². The number of nitrogens with zero attached hydrogens (tertiary/aromatic N) is 3. The highest BCUT2D eigenvalue weighted by Crippen LogP contribution is 2.49. The number of aryl methyl sites for hydroxylation is 2. The van der Waals surface area contributed by atoms with Crippen LogP contribution in [0.25, 0.3) is 0 Å². The summed E-state index contributed by atoms with van der Waals surface area (Å²) in [6.45, 7) is 5.39. The second-order valence-corrected chi connectivity index (χ2v) is 16.5. The Morgan fingerprint density at radius 1 is 1.20 bits per heavy atom. The maximum atomic E-state index is 13.8. The lowest BCUT2D eigenvalue weighted by molar-refractivity contribution is -0.205. The van der Waals surface area contributed by atoms with Gasteiger partial charge in [0.15, 0.2) is 0 Å². The van der Waals surface area contributed by atoms with Crippen LogP contribution < -0.4 is 10.9 Å². The monoisotopic (exact) mass is 688 g/mol. The van der Waals surface area contributed by atoms with Gasteiger partial charge in [-0.1, -0.05) is 0 Å². The molecule has 8 nitrogen and oxygen atoms in total. The van der Waals surface area contributed by atoms with Gasteiger partial charge in [-0.2, -0.15) is 24.9 Å². The van der Waals surface area contributed by atoms with Gasteiger partial charge in [0.05, 0.1) is 36.8 Å². The van der Waals surface area contributed by atoms with E-state index in [1.165, 1.54) is 0 Å². The fraction of sp³-hybridized carbons (Fsp3) is 0.848. The molecule has 0 radical (unpaired) electrons. The molecule has 258 valence electrons. The van der Waals surface area contributed by atoms with Crippen molar-refractivity contribution >= 4 is 29.3 Å². The van der Waals surface area contributed by atoms with Gasteiger partial charge in [-0.15, -0.1) is 11.6 Å². The van der Waals surface area contributed by atoms with E-state index in [0.29, 0.717) is 50.0 Å². The third-order valence-corrected chi connectivity index (χ3v) is 13.6. The molecular formula is C33H48ClF3N4O4S. The molecule has 1 aromatic heterocycles. The third-order valence-electron chi connectivity index (χ3n) is 11.6. The Labute approximate surface area is 278 Å². The summed E-state index contributed by atoms with van der Waals surface area (Å²) in [6.07, 6.45) is 1.88. The lowest BCUT2D eigenvalue weighted by atomic mass is 9.70. The Morgan fingerprint density at radius 2 is 1.96 bits per heavy atom. The summed E-state index contributed by atoms with van der Waals surface area (Å²) < 4.78 is 47.2. The molecule has 2 saturated heterocycles. The molecule has 9 atom stereocenters. The van der Waals surface area contributed by atoms with E-state index in [2.05, 4.69) is 17.1 Å². The zero-order valence-corrected chi connectivity index (χ0v) is 28.5. The second kappa shape index (κ2) is 13.9. The van der Waals surface area contributed by atoms with Crippen molar-refractivity contribution < 1.29 is 27.8 Å². The van der Waals surface area contributed by atoms with E-state index in [-0.39, 0.29) is 71.0 Å². The molecule has 46 heavy (non-hydrogen) atoms. The smallest absolute Gasteiger partial charge is 0.391 e. The minimum absolute atomic E-state index is 0.00139. The van der Waals surface area contributed by atoms with Crippen LogP contribution in [0.2, 0.25) is 0 Å². The fourth-order valence-electron chi connectivity index (χ4n) is 9.07. The van der Waals surface area contributed by atoms with E-state index in [1.54, 1.807) is 16.3 Å². The zero-order valence-electron chi connectivity index (χ0n) is 27.0. The van der Waals surface area contributed by atoms with Crippen LogP contribution in [0.3, 0.4) is 0 Å². The molecule has 0 spiro atoms. The highest BCUT2D eigenvalue weighted by molar-refractivity contribution is 8.00. The molecule has 5 aliphatic rings. The molecule has 0 aromatic carbocycles. The molecule has 3 aliphatic carbocycles. The van der Waals surface area contributed by atoms with Crippen molar-refractivity contribution in [3.8, 4) is 0 Å². The van der Waals surface area contributed by atoms with Crippen molar-refractivity contribution in [2.45, 2.75) is 119 Å². The largest absolute Gasteiger partial charge is 0.481 e. The number of rotatable bonds is 9. The Hall–Kier alpha value is -1.34. The van der Waals surface area contributed by atoms with E-state index in [0.717, 1.165) is 43.4 Å². The molecule has 3 heterocycles. The lowest BCUT2D eigenvalue weighted by Crippen LogP contribution is -2.57. The van der Waals surface area contributed by atoms with Crippen LogP contribution in [-0.2, 0) is 28.9 Å². The van der Waals surface area contributed by atoms with Crippen molar-refractivity contribution in [1.29, 1.82) is 0 Å². The van der Waals surface area contributed by atoms with Crippen molar-refractivity contribution in [2.75, 3.05) is 26.0 Å². The summed E-state index contributed by atoms with van der Waals surface area (Å²) in [4.78, 5) is 32.7. The van der Waals surface area contributed by atoms with E-state index in [1.807, 2.05) is 14.0 Å². The number of carboxylic acids is 1. The van der Waals surface area contributed by atoms with Crippen LogP contribution >= 0.6 is 23.4 Å². The molecule has 6 rings (SSSR count). The average Bonchev–Trinajstić information content (AvgIpc) is 3.40. The number of likely N-dealkylation sites (N-methyl/N-ethyl adjacent to an activating group) is 1. The minimum atomic E-state index is -4.10. The van der Waals surface area contributed by atoms with Gasteiger partial charge >= 0.3 is 12.1 Å². The predicted molar refractivity (Wildman–Crippen MR) is 173 cm³/mol. The molecule has 2 N–H and O–H groups in total. The molecule has 2 aliphatic heterocycles. The number of aromatic nitrogens is 2. The lowest BCUT2D eigenvalue weighted by Gasteiger charge is -2.47. The van der Waals surface area contributed by atoms with Crippen molar-refractivity contribution in [1.82, 2.24) is 19.8 Å². The molecule has 4 fully saturated rings. The quantitative estimate of drug-likeness (QED) is 0.354. The van der Waals surface area contributed by atoms with Gasteiger partial charge in [0.1, 0.15) is 5.82 Å². The van der Waals surface area contributed by atoms with Crippen LogP contribution in [-0.4, -0.2) is 92.5 Å². The number of halogens is 4. The molecule has 0 amide bonds. The van der Waals surface area contributed by atoms with Gasteiger partial charge in [0.2, 0.25) is 0 Å². The first-order valence-electron chi connectivity index (χ1n) is 17.0. The number of carboxylic acid groups (broad SMARTS) is 1. The second-order valence-electron chi connectivity index (χ2n) is 14.7. The Bertz CT molecular complexity index is 1330. The van der Waals surface area contributed by atoms with Gasteiger partial charge in [-0.05, 0) is 96.4 Å². The first kappa shape index (κ1) is 34.5. The number of carbonyl (C=O) groups is 1. The van der Waals surface area contributed by atoms with E-state index in [4.69, 9.17) is 21.3 Å². The SMILES string of the molecule is Cc1nc2c(c(=O)n1CCOC1CCC(Cl)CC1C1CC(C)NC3C(C(=O)O)CSC13)CC(N(C)CC1CC(C(F)(F)F)C1)CC2.